The minimum Gasteiger partial charge on any atom is -0.369 e. The number of aromatic nitrogens is 2. The van der Waals surface area contributed by atoms with Crippen molar-refractivity contribution in [3.63, 3.8) is 0 Å². The first-order valence-electron chi connectivity index (χ1n) is 14.0. The maximum Gasteiger partial charge on any atom is 0.227 e. The maximum absolute atomic E-state index is 12.0. The highest BCUT2D eigenvalue weighted by Gasteiger charge is 2.29. The van der Waals surface area contributed by atoms with Crippen molar-refractivity contribution < 1.29 is 4.79 Å². The summed E-state index contributed by atoms with van der Waals surface area (Å²) < 4.78 is 0. The molecule has 2 aliphatic rings. The lowest BCUT2D eigenvalue weighted by atomic mass is 9.92. The van der Waals surface area contributed by atoms with Crippen LogP contribution in [0.3, 0.4) is 0 Å². The summed E-state index contributed by atoms with van der Waals surface area (Å²) in [4.78, 5) is 28.5. The molecule has 1 aliphatic carbocycles. The van der Waals surface area contributed by atoms with Gasteiger partial charge in [-0.15, -0.1) is 0 Å². The van der Waals surface area contributed by atoms with Crippen LogP contribution >= 0.6 is 0 Å². The number of anilines is 4. The van der Waals surface area contributed by atoms with Crippen LogP contribution in [-0.4, -0.2) is 79.0 Å². The van der Waals surface area contributed by atoms with Crippen molar-refractivity contribution in [2.75, 3.05) is 68.9 Å². The maximum atomic E-state index is 12.0. The molecule has 0 spiro atoms. The Morgan fingerprint density at radius 3 is 2.26 bits per heavy atom. The summed E-state index contributed by atoms with van der Waals surface area (Å²) in [6.07, 6.45) is 3.76. The molecule has 0 atom stereocenters. The molecule has 39 heavy (non-hydrogen) atoms. The first-order chi connectivity index (χ1) is 18.7. The fourth-order valence-electron chi connectivity index (χ4n) is 5.45. The molecule has 1 aliphatic heterocycles. The molecule has 5 rings (SSSR count). The monoisotopic (exact) mass is 527 g/mol. The average Bonchev–Trinajstić information content (AvgIpc) is 3.75. The zero-order valence-corrected chi connectivity index (χ0v) is 23.7. The Morgan fingerprint density at radius 1 is 0.949 bits per heavy atom. The molecule has 1 amide bonds. The second kappa shape index (κ2) is 11.7. The second-order valence-corrected chi connectivity index (χ2v) is 11.9. The Labute approximate surface area is 232 Å². The third-order valence-corrected chi connectivity index (χ3v) is 7.31. The van der Waals surface area contributed by atoms with Gasteiger partial charge < -0.3 is 20.4 Å². The van der Waals surface area contributed by atoms with Crippen LogP contribution in [0.1, 0.15) is 26.7 Å². The number of piperazine rings is 1. The van der Waals surface area contributed by atoms with Crippen LogP contribution in [0.4, 0.5) is 23.0 Å². The van der Waals surface area contributed by atoms with Gasteiger partial charge in [0.25, 0.3) is 0 Å². The van der Waals surface area contributed by atoms with E-state index in [1.165, 1.54) is 5.69 Å². The molecule has 8 heteroatoms. The number of hydrogen-bond acceptors (Lipinski definition) is 7. The van der Waals surface area contributed by atoms with Gasteiger partial charge in [0.2, 0.25) is 11.9 Å². The lowest BCUT2D eigenvalue weighted by Gasteiger charge is -2.40. The fourth-order valence-corrected chi connectivity index (χ4v) is 5.45. The summed E-state index contributed by atoms with van der Waals surface area (Å²) in [5.74, 6) is 0.861. The lowest BCUT2D eigenvalue weighted by molar-refractivity contribution is -0.117. The molecule has 2 aromatic carbocycles. The predicted octanol–water partition coefficient (Wildman–Crippen LogP) is 4.95. The number of hydrogen-bond donors (Lipinski definition) is 2. The van der Waals surface area contributed by atoms with Gasteiger partial charge in [-0.05, 0) is 74.8 Å². The quantitative estimate of drug-likeness (QED) is 0.387. The van der Waals surface area contributed by atoms with E-state index in [0.29, 0.717) is 5.95 Å². The van der Waals surface area contributed by atoms with Gasteiger partial charge in [-0.3, -0.25) is 9.69 Å². The number of nitrogens with one attached hydrogen (secondary N) is 2. The van der Waals surface area contributed by atoms with Gasteiger partial charge in [-0.25, -0.2) is 9.97 Å². The number of amides is 1. The average molecular weight is 528 g/mol. The summed E-state index contributed by atoms with van der Waals surface area (Å²) in [6.45, 7) is 11.2. The summed E-state index contributed by atoms with van der Waals surface area (Å²) in [5.41, 5.74) is 5.11. The zero-order chi connectivity index (χ0) is 27.4. The molecule has 2 N–H and O–H groups in total. The van der Waals surface area contributed by atoms with E-state index in [4.69, 9.17) is 4.98 Å². The van der Waals surface area contributed by atoms with Gasteiger partial charge in [-0.1, -0.05) is 26.0 Å². The van der Waals surface area contributed by atoms with Crippen LogP contribution < -0.4 is 15.5 Å². The minimum atomic E-state index is 0.115. The molecular weight excluding hydrogens is 486 g/mol. The highest BCUT2D eigenvalue weighted by atomic mass is 16.2. The Bertz CT molecular complexity index is 1240. The van der Waals surface area contributed by atoms with Crippen LogP contribution in [0, 0.1) is 11.3 Å². The Morgan fingerprint density at radius 2 is 1.62 bits per heavy atom. The molecule has 3 aromatic rings. The minimum absolute atomic E-state index is 0.115. The van der Waals surface area contributed by atoms with Gasteiger partial charge in [0.15, 0.2) is 0 Å². The highest BCUT2D eigenvalue weighted by Crippen LogP contribution is 2.30. The van der Waals surface area contributed by atoms with Crippen molar-refractivity contribution in [1.82, 2.24) is 19.8 Å². The van der Waals surface area contributed by atoms with Gasteiger partial charge in [0, 0.05) is 74.0 Å². The van der Waals surface area contributed by atoms with Crippen molar-refractivity contribution in [3.8, 4) is 11.3 Å². The Balaban J connectivity index is 1.14. The topological polar surface area (TPSA) is 76.6 Å². The van der Waals surface area contributed by atoms with E-state index in [1.54, 1.807) is 6.20 Å². The first kappa shape index (κ1) is 27.1. The van der Waals surface area contributed by atoms with E-state index >= 15 is 0 Å². The van der Waals surface area contributed by atoms with Crippen LogP contribution in [0.5, 0.6) is 0 Å². The predicted molar refractivity (Wildman–Crippen MR) is 160 cm³/mol. The molecule has 206 valence electrons. The molecule has 8 nitrogen and oxygen atoms in total. The molecule has 0 unspecified atom stereocenters. The van der Waals surface area contributed by atoms with Gasteiger partial charge >= 0.3 is 0 Å². The zero-order valence-electron chi connectivity index (χ0n) is 23.7. The molecule has 1 aromatic heterocycles. The molecule has 1 saturated carbocycles. The van der Waals surface area contributed by atoms with E-state index in [9.17, 15) is 4.79 Å². The van der Waals surface area contributed by atoms with Crippen molar-refractivity contribution in [2.45, 2.75) is 26.7 Å². The summed E-state index contributed by atoms with van der Waals surface area (Å²) in [7, 11) is 4.30. The molecule has 0 radical (unpaired) electrons. The van der Waals surface area contributed by atoms with Crippen LogP contribution in [-0.2, 0) is 4.79 Å². The van der Waals surface area contributed by atoms with Crippen molar-refractivity contribution in [1.29, 1.82) is 0 Å². The van der Waals surface area contributed by atoms with Gasteiger partial charge in [-0.2, -0.15) is 0 Å². The Kier molecular flexibility index (Phi) is 8.14. The van der Waals surface area contributed by atoms with Crippen molar-refractivity contribution >= 4 is 28.9 Å². The number of nitrogens with zero attached hydrogens (tertiary/aromatic N) is 5. The van der Waals surface area contributed by atoms with E-state index in [0.717, 1.165) is 74.7 Å². The number of carbonyl (C=O) groups is 1. The van der Waals surface area contributed by atoms with Gasteiger partial charge in [0.1, 0.15) is 0 Å². The summed E-state index contributed by atoms with van der Waals surface area (Å²) >= 11 is 0. The van der Waals surface area contributed by atoms with Gasteiger partial charge in [0.05, 0.1) is 5.69 Å². The second-order valence-electron chi connectivity index (χ2n) is 11.9. The third-order valence-electron chi connectivity index (χ3n) is 7.31. The molecule has 1 saturated heterocycles. The third kappa shape index (κ3) is 7.55. The highest BCUT2D eigenvalue weighted by molar-refractivity contribution is 5.94. The molecular formula is C31H41N7O. The summed E-state index contributed by atoms with van der Waals surface area (Å²) in [5, 5.41) is 6.32. The SMILES string of the molecule is CN(C)CC(C)(C)CN1CCN(c2ccc(Nc3nccc(-c4ccc(NC(=O)C5CC5)cc4)n3)cc2)CC1. The standard InChI is InChI=1S/C31H41N7O/c1-31(2,21-36(3)4)22-37-17-19-38(20-18-37)27-13-11-26(12-14-27)34-30-32-16-15-28(35-30)23-7-9-25(10-8-23)33-29(39)24-5-6-24/h7-16,24H,5-6,17-22H2,1-4H3,(H,33,39)(H,32,34,35). The molecule has 0 bridgehead atoms. The Hall–Kier alpha value is -3.49. The molecule has 2 heterocycles. The lowest BCUT2D eigenvalue weighted by Crippen LogP contribution is -2.50. The number of carbonyl (C=O) groups excluding carboxylic acids is 1. The largest absolute Gasteiger partial charge is 0.369 e. The van der Waals surface area contributed by atoms with E-state index < -0.39 is 0 Å². The fraction of sp³-hybridized carbons (Fsp3) is 0.452. The van der Waals surface area contributed by atoms with Crippen LogP contribution in [0.25, 0.3) is 11.3 Å². The smallest absolute Gasteiger partial charge is 0.227 e. The normalized spacial score (nSPS) is 16.4. The van der Waals surface area contributed by atoms with E-state index in [-0.39, 0.29) is 17.2 Å². The van der Waals surface area contributed by atoms with E-state index in [2.05, 4.69) is 82.5 Å². The number of rotatable bonds is 10. The van der Waals surface area contributed by atoms with Crippen LogP contribution in [0.2, 0.25) is 0 Å². The molecule has 2 fully saturated rings. The van der Waals surface area contributed by atoms with Crippen molar-refractivity contribution in [3.05, 3.63) is 60.8 Å². The first-order valence-corrected chi connectivity index (χ1v) is 14.0. The summed E-state index contributed by atoms with van der Waals surface area (Å²) in [6, 6.07) is 18.2. The van der Waals surface area contributed by atoms with Crippen LogP contribution in [0.15, 0.2) is 60.8 Å². The van der Waals surface area contributed by atoms with E-state index in [1.807, 2.05) is 30.3 Å². The number of benzene rings is 2. The van der Waals surface area contributed by atoms with Crippen molar-refractivity contribution in [2.24, 2.45) is 11.3 Å².